The van der Waals surface area contributed by atoms with Crippen molar-refractivity contribution >= 4 is 16.1 Å². The van der Waals surface area contributed by atoms with Crippen molar-refractivity contribution in [2.75, 3.05) is 6.61 Å². The van der Waals surface area contributed by atoms with E-state index in [0.717, 1.165) is 0 Å². The van der Waals surface area contributed by atoms with Gasteiger partial charge in [-0.25, -0.2) is 17.9 Å². The van der Waals surface area contributed by atoms with Gasteiger partial charge in [-0.2, -0.15) is 0 Å². The Hall–Kier alpha value is -1.60. The van der Waals surface area contributed by atoms with E-state index in [9.17, 15) is 18.3 Å². The number of carbonyl (C=O) groups is 1. The fraction of sp³-hybridized carbons (Fsp3) is 0.462. The molecule has 0 aromatic heterocycles. The molecule has 1 amide bonds. The van der Waals surface area contributed by atoms with Gasteiger partial charge in [0.05, 0.1) is 10.5 Å². The topological polar surface area (TPSA) is 92.7 Å². The summed E-state index contributed by atoms with van der Waals surface area (Å²) >= 11 is 0. The van der Waals surface area contributed by atoms with Crippen LogP contribution in [0.15, 0.2) is 35.2 Å². The highest BCUT2D eigenvalue weighted by molar-refractivity contribution is 7.90. The number of aliphatic hydroxyl groups is 1. The molecule has 0 heterocycles. The molecule has 0 radical (unpaired) electrons. The molecule has 0 spiro atoms. The average molecular weight is 301 g/mol. The van der Waals surface area contributed by atoms with Crippen LogP contribution >= 0.6 is 0 Å². The van der Waals surface area contributed by atoms with Gasteiger partial charge >= 0.3 is 6.09 Å². The van der Waals surface area contributed by atoms with Crippen molar-refractivity contribution in [3.05, 3.63) is 30.3 Å². The number of nitrogens with one attached hydrogen (secondary N) is 1. The lowest BCUT2D eigenvalue weighted by molar-refractivity contribution is -0.0261. The number of benzene rings is 1. The van der Waals surface area contributed by atoms with Gasteiger partial charge in [-0.15, -0.1) is 0 Å². The minimum Gasteiger partial charge on any atom is -0.446 e. The summed E-state index contributed by atoms with van der Waals surface area (Å²) in [7, 11) is -3.95. The van der Waals surface area contributed by atoms with Crippen molar-refractivity contribution in [1.29, 1.82) is 0 Å². The van der Waals surface area contributed by atoms with E-state index >= 15 is 0 Å². The summed E-state index contributed by atoms with van der Waals surface area (Å²) in [6.07, 6.45) is -0.293. The molecule has 0 aliphatic rings. The highest BCUT2D eigenvalue weighted by Crippen LogP contribution is 2.15. The number of hydrogen-bond donors (Lipinski definition) is 2. The zero-order valence-electron chi connectivity index (χ0n) is 11.5. The second kappa shape index (κ2) is 6.71. The predicted octanol–water partition coefficient (Wildman–Crippen LogP) is 1.65. The van der Waals surface area contributed by atoms with E-state index in [1.807, 2.05) is 0 Å². The molecule has 0 saturated carbocycles. The number of amides is 1. The van der Waals surface area contributed by atoms with Crippen LogP contribution in [0.4, 0.5) is 4.79 Å². The summed E-state index contributed by atoms with van der Waals surface area (Å²) in [4.78, 5) is 11.5. The molecule has 0 atom stereocenters. The number of ether oxygens (including phenoxy) is 1. The SMILES string of the molecule is CCC(O)(CC)COC(=O)NS(=O)(=O)c1ccccc1. The molecule has 2 N–H and O–H groups in total. The van der Waals surface area contributed by atoms with Gasteiger partial charge in [-0.05, 0) is 25.0 Å². The zero-order chi connectivity index (χ0) is 15.2. The van der Waals surface area contributed by atoms with Crippen LogP contribution < -0.4 is 4.72 Å². The summed E-state index contributed by atoms with van der Waals surface area (Å²) in [6.45, 7) is 3.26. The number of carbonyl (C=O) groups excluding carboxylic acids is 1. The Morgan fingerprint density at radius 2 is 1.80 bits per heavy atom. The fourth-order valence-electron chi connectivity index (χ4n) is 1.45. The highest BCUT2D eigenvalue weighted by Gasteiger charge is 2.26. The maximum absolute atomic E-state index is 11.8. The van der Waals surface area contributed by atoms with Gasteiger partial charge < -0.3 is 9.84 Å². The normalized spacial score (nSPS) is 11.9. The van der Waals surface area contributed by atoms with Crippen LogP contribution in [0.2, 0.25) is 0 Å². The Kier molecular flexibility index (Phi) is 5.52. The van der Waals surface area contributed by atoms with Crippen molar-refractivity contribution < 1.29 is 23.1 Å². The smallest absolute Gasteiger partial charge is 0.421 e. The van der Waals surface area contributed by atoms with Gasteiger partial charge in [-0.1, -0.05) is 32.0 Å². The Balaban J connectivity index is 2.63. The first-order valence-electron chi connectivity index (χ1n) is 6.30. The number of sulfonamides is 1. The highest BCUT2D eigenvalue weighted by atomic mass is 32.2. The van der Waals surface area contributed by atoms with Gasteiger partial charge in [0.2, 0.25) is 0 Å². The molecule has 7 heteroatoms. The van der Waals surface area contributed by atoms with E-state index in [1.54, 1.807) is 36.8 Å². The molecule has 6 nitrogen and oxygen atoms in total. The van der Waals surface area contributed by atoms with Crippen molar-refractivity contribution in [2.45, 2.75) is 37.2 Å². The van der Waals surface area contributed by atoms with Gasteiger partial charge in [0.15, 0.2) is 0 Å². The molecule has 0 saturated heterocycles. The van der Waals surface area contributed by atoms with Crippen LogP contribution in [0.25, 0.3) is 0 Å². The molecule has 0 unspecified atom stereocenters. The molecule has 1 aromatic rings. The largest absolute Gasteiger partial charge is 0.446 e. The van der Waals surface area contributed by atoms with Crippen molar-refractivity contribution in [3.63, 3.8) is 0 Å². The third kappa shape index (κ3) is 4.50. The van der Waals surface area contributed by atoms with Crippen molar-refractivity contribution in [3.8, 4) is 0 Å². The van der Waals surface area contributed by atoms with Crippen LogP contribution in [0, 0.1) is 0 Å². The molecule has 0 bridgehead atoms. The Morgan fingerprint density at radius 3 is 2.30 bits per heavy atom. The molecule has 1 rings (SSSR count). The molecule has 112 valence electrons. The maximum Gasteiger partial charge on any atom is 0.421 e. The molecule has 0 aliphatic carbocycles. The molecule has 0 aliphatic heterocycles. The summed E-state index contributed by atoms with van der Waals surface area (Å²) in [5.74, 6) is 0. The molecular weight excluding hydrogens is 282 g/mol. The summed E-state index contributed by atoms with van der Waals surface area (Å²) in [5, 5.41) is 9.94. The molecule has 0 fully saturated rings. The van der Waals surface area contributed by atoms with Crippen LogP contribution in [-0.4, -0.2) is 31.8 Å². The first kappa shape index (κ1) is 16.5. The lowest BCUT2D eigenvalue weighted by Crippen LogP contribution is -2.38. The zero-order valence-corrected chi connectivity index (χ0v) is 12.3. The standard InChI is InChI=1S/C13H19NO5S/c1-3-13(16,4-2)10-19-12(15)14-20(17,18)11-8-6-5-7-9-11/h5-9,16H,3-4,10H2,1-2H3,(H,14,15). The van der Waals surface area contributed by atoms with Crippen LogP contribution in [0.1, 0.15) is 26.7 Å². The van der Waals surface area contributed by atoms with E-state index in [1.165, 1.54) is 12.1 Å². The molecular formula is C13H19NO5S. The Labute approximate surface area is 118 Å². The monoisotopic (exact) mass is 301 g/mol. The summed E-state index contributed by atoms with van der Waals surface area (Å²) < 4.78 is 30.2. The quantitative estimate of drug-likeness (QED) is 0.833. The number of rotatable bonds is 6. The van der Waals surface area contributed by atoms with E-state index in [2.05, 4.69) is 0 Å². The second-order valence-corrected chi connectivity index (χ2v) is 6.11. The van der Waals surface area contributed by atoms with Crippen molar-refractivity contribution in [2.24, 2.45) is 0 Å². The van der Waals surface area contributed by atoms with Gasteiger partial charge in [-0.3, -0.25) is 0 Å². The first-order valence-corrected chi connectivity index (χ1v) is 7.78. The first-order chi connectivity index (χ1) is 9.33. The summed E-state index contributed by atoms with van der Waals surface area (Å²) in [6, 6.07) is 7.49. The second-order valence-electron chi connectivity index (χ2n) is 4.43. The van der Waals surface area contributed by atoms with E-state index in [0.29, 0.717) is 12.8 Å². The number of hydrogen-bond acceptors (Lipinski definition) is 5. The third-order valence-corrected chi connectivity index (χ3v) is 4.39. The van der Waals surface area contributed by atoms with E-state index < -0.39 is 21.7 Å². The molecule has 20 heavy (non-hydrogen) atoms. The van der Waals surface area contributed by atoms with Crippen LogP contribution in [0.5, 0.6) is 0 Å². The van der Waals surface area contributed by atoms with Gasteiger partial charge in [0.25, 0.3) is 10.0 Å². The fourth-order valence-corrected chi connectivity index (χ4v) is 2.36. The average Bonchev–Trinajstić information content (AvgIpc) is 2.45. The van der Waals surface area contributed by atoms with E-state index in [4.69, 9.17) is 4.74 Å². The van der Waals surface area contributed by atoms with Crippen molar-refractivity contribution in [1.82, 2.24) is 4.72 Å². The third-order valence-electron chi connectivity index (χ3n) is 3.06. The maximum atomic E-state index is 11.8. The molecule has 1 aromatic carbocycles. The van der Waals surface area contributed by atoms with Gasteiger partial charge in [0, 0.05) is 0 Å². The predicted molar refractivity (Wildman–Crippen MR) is 73.6 cm³/mol. The Bertz CT molecular complexity index is 537. The van der Waals surface area contributed by atoms with Crippen LogP contribution in [-0.2, 0) is 14.8 Å². The Morgan fingerprint density at radius 1 is 1.25 bits per heavy atom. The minimum absolute atomic E-state index is 0.0294. The van der Waals surface area contributed by atoms with E-state index in [-0.39, 0.29) is 11.5 Å². The van der Waals surface area contributed by atoms with Gasteiger partial charge in [0.1, 0.15) is 6.61 Å². The lowest BCUT2D eigenvalue weighted by atomic mass is 9.99. The summed E-state index contributed by atoms with van der Waals surface area (Å²) in [5.41, 5.74) is -1.13. The minimum atomic E-state index is -3.95. The lowest BCUT2D eigenvalue weighted by Gasteiger charge is -2.24. The van der Waals surface area contributed by atoms with Crippen LogP contribution in [0.3, 0.4) is 0 Å².